The molecule has 0 aliphatic carbocycles. The Morgan fingerprint density at radius 1 is 1.21 bits per heavy atom. The number of carbonyl (C=O) groups excluding carboxylic acids is 2. The van der Waals surface area contributed by atoms with Gasteiger partial charge in [-0.25, -0.2) is 4.98 Å². The summed E-state index contributed by atoms with van der Waals surface area (Å²) in [4.78, 5) is 34.1. The van der Waals surface area contributed by atoms with E-state index in [0.29, 0.717) is 31.1 Å². The van der Waals surface area contributed by atoms with Gasteiger partial charge in [0.1, 0.15) is 11.4 Å². The van der Waals surface area contributed by atoms with Gasteiger partial charge in [0.25, 0.3) is 5.91 Å². The normalized spacial score (nSPS) is 15.2. The first-order valence-electron chi connectivity index (χ1n) is 11.5. The second kappa shape index (κ2) is 12.1. The van der Waals surface area contributed by atoms with Crippen LogP contribution in [-0.2, 0) is 11.2 Å². The highest BCUT2D eigenvalue weighted by molar-refractivity contribution is 7.98. The molecule has 0 spiro atoms. The molecular weight excluding hydrogens is 434 g/mol. The van der Waals surface area contributed by atoms with Crippen LogP contribution in [0.4, 0.5) is 0 Å². The van der Waals surface area contributed by atoms with Crippen molar-refractivity contribution in [1.82, 2.24) is 14.8 Å². The van der Waals surface area contributed by atoms with Crippen LogP contribution in [0.1, 0.15) is 41.0 Å². The standard InChI is InChI=1S/C26H35N3O3S/c1-19-7-5-10-23(27-19)26(31)29-14-11-21(12-15-29)24(28(2)25(30)13-16-33-4)18-20-8-6-9-22(17-20)32-3/h5-10,17,21,24H,11-16,18H2,1-4H3/t24-/m0/s1. The van der Waals surface area contributed by atoms with Crippen LogP contribution in [0, 0.1) is 12.8 Å². The van der Waals surface area contributed by atoms with Crippen molar-refractivity contribution in [1.29, 1.82) is 0 Å². The molecule has 2 heterocycles. The summed E-state index contributed by atoms with van der Waals surface area (Å²) in [6, 6.07) is 13.7. The van der Waals surface area contributed by atoms with Gasteiger partial charge in [-0.3, -0.25) is 9.59 Å². The molecule has 0 bridgehead atoms. The third-order valence-electron chi connectivity index (χ3n) is 6.47. The van der Waals surface area contributed by atoms with Gasteiger partial charge < -0.3 is 14.5 Å². The van der Waals surface area contributed by atoms with E-state index in [2.05, 4.69) is 17.1 Å². The number of hydrogen-bond donors (Lipinski definition) is 0. The Hall–Kier alpha value is -2.54. The molecule has 2 amide bonds. The molecule has 33 heavy (non-hydrogen) atoms. The van der Waals surface area contributed by atoms with Crippen LogP contribution in [0.15, 0.2) is 42.5 Å². The molecule has 0 unspecified atom stereocenters. The predicted molar refractivity (Wildman–Crippen MR) is 134 cm³/mol. The Kier molecular flexibility index (Phi) is 9.18. The van der Waals surface area contributed by atoms with Gasteiger partial charge in [-0.15, -0.1) is 0 Å². The van der Waals surface area contributed by atoms with Gasteiger partial charge in [-0.1, -0.05) is 18.2 Å². The lowest BCUT2D eigenvalue weighted by molar-refractivity contribution is -0.132. The van der Waals surface area contributed by atoms with Gasteiger partial charge in [-0.2, -0.15) is 11.8 Å². The molecule has 1 aromatic heterocycles. The van der Waals surface area contributed by atoms with Crippen molar-refractivity contribution in [3.63, 3.8) is 0 Å². The average Bonchev–Trinajstić information content (AvgIpc) is 2.85. The van der Waals surface area contributed by atoms with Gasteiger partial charge in [0.2, 0.25) is 5.91 Å². The van der Waals surface area contributed by atoms with E-state index in [-0.39, 0.29) is 17.9 Å². The first-order chi connectivity index (χ1) is 15.9. The first-order valence-corrected chi connectivity index (χ1v) is 12.9. The van der Waals surface area contributed by atoms with Crippen LogP contribution in [0.25, 0.3) is 0 Å². The molecule has 0 N–H and O–H groups in total. The van der Waals surface area contributed by atoms with E-state index in [1.807, 2.05) is 54.3 Å². The molecule has 3 rings (SSSR count). The molecule has 1 fully saturated rings. The Bertz CT molecular complexity index is 944. The number of nitrogens with zero attached hydrogens (tertiary/aromatic N) is 3. The minimum atomic E-state index is -0.00843. The Labute approximate surface area is 201 Å². The summed E-state index contributed by atoms with van der Waals surface area (Å²) >= 11 is 1.69. The number of carbonyl (C=O) groups is 2. The Balaban J connectivity index is 1.72. The zero-order valence-corrected chi connectivity index (χ0v) is 20.9. The van der Waals surface area contributed by atoms with E-state index in [0.717, 1.165) is 42.0 Å². The summed E-state index contributed by atoms with van der Waals surface area (Å²) < 4.78 is 5.40. The fourth-order valence-corrected chi connectivity index (χ4v) is 4.90. The lowest BCUT2D eigenvalue weighted by Gasteiger charge is -2.40. The number of likely N-dealkylation sites (N-methyl/N-ethyl adjacent to an activating group) is 1. The molecule has 1 aliphatic heterocycles. The molecule has 178 valence electrons. The molecule has 7 heteroatoms. The molecule has 1 atom stereocenters. The largest absolute Gasteiger partial charge is 0.497 e. The van der Waals surface area contributed by atoms with Crippen molar-refractivity contribution in [2.75, 3.05) is 39.3 Å². The van der Waals surface area contributed by atoms with Crippen LogP contribution < -0.4 is 4.74 Å². The number of ether oxygens (including phenoxy) is 1. The zero-order valence-electron chi connectivity index (χ0n) is 20.1. The second-order valence-electron chi connectivity index (χ2n) is 8.66. The topological polar surface area (TPSA) is 62.7 Å². The minimum absolute atomic E-state index is 0.00843. The lowest BCUT2D eigenvalue weighted by Crippen LogP contribution is -2.48. The zero-order chi connectivity index (χ0) is 23.8. The number of rotatable bonds is 9. The molecule has 0 saturated carbocycles. The third-order valence-corrected chi connectivity index (χ3v) is 7.08. The number of aromatic nitrogens is 1. The number of aryl methyl sites for hydroxylation is 1. The van der Waals surface area contributed by atoms with E-state index in [9.17, 15) is 9.59 Å². The highest BCUT2D eigenvalue weighted by atomic mass is 32.2. The van der Waals surface area contributed by atoms with Crippen molar-refractivity contribution >= 4 is 23.6 Å². The quantitative estimate of drug-likeness (QED) is 0.554. The van der Waals surface area contributed by atoms with Gasteiger partial charge in [0, 0.05) is 44.0 Å². The average molecular weight is 470 g/mol. The van der Waals surface area contributed by atoms with Gasteiger partial charge >= 0.3 is 0 Å². The number of hydrogen-bond acceptors (Lipinski definition) is 5. The van der Waals surface area contributed by atoms with Crippen LogP contribution in [0.3, 0.4) is 0 Å². The molecule has 2 aromatic rings. The summed E-state index contributed by atoms with van der Waals surface area (Å²) in [7, 11) is 3.60. The van der Waals surface area contributed by atoms with E-state index >= 15 is 0 Å². The number of pyridine rings is 1. The lowest BCUT2D eigenvalue weighted by atomic mass is 9.84. The number of piperidine rings is 1. The smallest absolute Gasteiger partial charge is 0.272 e. The molecule has 1 aliphatic rings. The second-order valence-corrected chi connectivity index (χ2v) is 9.65. The van der Waals surface area contributed by atoms with Crippen LogP contribution >= 0.6 is 11.8 Å². The SMILES string of the molecule is COc1cccc(C[C@@H](C2CCN(C(=O)c3cccc(C)n3)CC2)N(C)C(=O)CCSC)c1. The first kappa shape index (κ1) is 25.1. The van der Waals surface area contributed by atoms with Crippen LogP contribution in [-0.4, -0.2) is 71.9 Å². The maximum atomic E-state index is 12.9. The highest BCUT2D eigenvalue weighted by Crippen LogP contribution is 2.28. The number of methoxy groups -OCH3 is 1. The molecule has 0 radical (unpaired) electrons. The van der Waals surface area contributed by atoms with Gasteiger partial charge in [0.15, 0.2) is 0 Å². The number of benzene rings is 1. The summed E-state index contributed by atoms with van der Waals surface area (Å²) in [5, 5.41) is 0. The van der Waals surface area contributed by atoms with Crippen molar-refractivity contribution in [2.24, 2.45) is 5.92 Å². The maximum Gasteiger partial charge on any atom is 0.272 e. The monoisotopic (exact) mass is 469 g/mol. The number of amides is 2. The van der Waals surface area contributed by atoms with Crippen molar-refractivity contribution in [3.8, 4) is 5.75 Å². The number of likely N-dealkylation sites (tertiary alicyclic amines) is 1. The van der Waals surface area contributed by atoms with Crippen molar-refractivity contribution in [2.45, 2.75) is 38.6 Å². The van der Waals surface area contributed by atoms with E-state index < -0.39 is 0 Å². The molecule has 1 aromatic carbocycles. The molecule has 1 saturated heterocycles. The Morgan fingerprint density at radius 3 is 2.61 bits per heavy atom. The summed E-state index contributed by atoms with van der Waals surface area (Å²) in [5.74, 6) is 2.15. The fourth-order valence-electron chi connectivity index (χ4n) is 4.52. The fraction of sp³-hybridized carbons (Fsp3) is 0.500. The molecule has 6 nitrogen and oxygen atoms in total. The predicted octanol–water partition coefficient (Wildman–Crippen LogP) is 4.07. The van der Waals surface area contributed by atoms with E-state index in [4.69, 9.17) is 4.74 Å². The van der Waals surface area contributed by atoms with Crippen LogP contribution in [0.5, 0.6) is 5.75 Å². The Morgan fingerprint density at radius 2 is 1.94 bits per heavy atom. The third kappa shape index (κ3) is 6.73. The number of thioether (sulfide) groups is 1. The highest BCUT2D eigenvalue weighted by Gasteiger charge is 2.33. The summed E-state index contributed by atoms with van der Waals surface area (Å²) in [6.07, 6.45) is 5.08. The van der Waals surface area contributed by atoms with Crippen LogP contribution in [0.2, 0.25) is 0 Å². The van der Waals surface area contributed by atoms with E-state index in [1.165, 1.54) is 0 Å². The summed E-state index contributed by atoms with van der Waals surface area (Å²) in [6.45, 7) is 3.26. The van der Waals surface area contributed by atoms with Crippen molar-refractivity contribution in [3.05, 3.63) is 59.4 Å². The van der Waals surface area contributed by atoms with E-state index in [1.54, 1.807) is 24.9 Å². The molecular formula is C26H35N3O3S. The summed E-state index contributed by atoms with van der Waals surface area (Å²) in [5.41, 5.74) is 2.51. The van der Waals surface area contributed by atoms with Gasteiger partial charge in [0.05, 0.1) is 7.11 Å². The maximum absolute atomic E-state index is 12.9. The minimum Gasteiger partial charge on any atom is -0.497 e. The van der Waals surface area contributed by atoms with Gasteiger partial charge in [-0.05, 0) is 68.2 Å². The van der Waals surface area contributed by atoms with Crippen molar-refractivity contribution < 1.29 is 14.3 Å².